The van der Waals surface area contributed by atoms with Gasteiger partial charge in [-0.05, 0) is 32.4 Å². The second-order valence-electron chi connectivity index (χ2n) is 4.71. The Morgan fingerprint density at radius 1 is 1.25 bits per heavy atom. The number of aromatic nitrogens is 2. The molecule has 0 bridgehead atoms. The lowest BCUT2D eigenvalue weighted by molar-refractivity contribution is 0.948. The van der Waals surface area contributed by atoms with E-state index in [1.54, 1.807) is 6.07 Å². The van der Waals surface area contributed by atoms with Crippen LogP contribution in [0.4, 0.5) is 5.82 Å². The number of nitrogens with one attached hydrogen (secondary N) is 1. The standard InChI is InChI=1S/C16H18N4/c1-4-8-18-16-11(2)15(19-12(3)20-16)14-7-5-6-13(9-14)10-17/h5-7,9H,4,8H2,1-3H3,(H,18,19,20). The zero-order valence-corrected chi connectivity index (χ0v) is 12.1. The first kappa shape index (κ1) is 14.0. The van der Waals surface area contributed by atoms with Gasteiger partial charge in [0.25, 0.3) is 0 Å². The van der Waals surface area contributed by atoms with Gasteiger partial charge in [0.1, 0.15) is 11.6 Å². The maximum absolute atomic E-state index is 9.01. The maximum Gasteiger partial charge on any atom is 0.133 e. The molecule has 0 amide bonds. The molecule has 0 unspecified atom stereocenters. The highest BCUT2D eigenvalue weighted by atomic mass is 15.0. The molecule has 0 aliphatic carbocycles. The predicted octanol–water partition coefficient (Wildman–Crippen LogP) is 3.45. The van der Waals surface area contributed by atoms with Gasteiger partial charge in [0.15, 0.2) is 0 Å². The molecule has 0 aliphatic rings. The quantitative estimate of drug-likeness (QED) is 0.920. The van der Waals surface area contributed by atoms with Gasteiger partial charge in [0.2, 0.25) is 0 Å². The van der Waals surface area contributed by atoms with Crippen LogP contribution in [-0.4, -0.2) is 16.5 Å². The van der Waals surface area contributed by atoms with Gasteiger partial charge in [-0.15, -0.1) is 0 Å². The third kappa shape index (κ3) is 2.94. The van der Waals surface area contributed by atoms with E-state index in [0.717, 1.165) is 41.4 Å². The summed E-state index contributed by atoms with van der Waals surface area (Å²) in [5, 5.41) is 12.3. The van der Waals surface area contributed by atoms with E-state index < -0.39 is 0 Å². The van der Waals surface area contributed by atoms with Gasteiger partial charge in [0.05, 0.1) is 17.3 Å². The average molecular weight is 266 g/mol. The third-order valence-electron chi connectivity index (χ3n) is 3.07. The van der Waals surface area contributed by atoms with Crippen molar-refractivity contribution in [2.24, 2.45) is 0 Å². The van der Waals surface area contributed by atoms with Crippen molar-refractivity contribution in [2.45, 2.75) is 27.2 Å². The first-order valence-electron chi connectivity index (χ1n) is 6.75. The molecule has 102 valence electrons. The van der Waals surface area contributed by atoms with E-state index in [0.29, 0.717) is 5.56 Å². The zero-order valence-electron chi connectivity index (χ0n) is 12.1. The van der Waals surface area contributed by atoms with Crippen LogP contribution in [0.25, 0.3) is 11.3 Å². The Labute approximate surface area is 119 Å². The van der Waals surface area contributed by atoms with Crippen LogP contribution in [0.15, 0.2) is 24.3 Å². The van der Waals surface area contributed by atoms with Crippen LogP contribution in [0, 0.1) is 25.2 Å². The molecular weight excluding hydrogens is 248 g/mol. The van der Waals surface area contributed by atoms with E-state index in [4.69, 9.17) is 5.26 Å². The summed E-state index contributed by atoms with van der Waals surface area (Å²) in [6.07, 6.45) is 1.04. The zero-order chi connectivity index (χ0) is 14.5. The molecule has 4 nitrogen and oxygen atoms in total. The van der Waals surface area contributed by atoms with Gasteiger partial charge in [-0.25, -0.2) is 9.97 Å². The molecule has 0 saturated carbocycles. The number of benzene rings is 1. The number of anilines is 1. The molecular formula is C16H18N4. The van der Waals surface area contributed by atoms with E-state index in [2.05, 4.69) is 28.3 Å². The minimum atomic E-state index is 0.640. The number of nitriles is 1. The molecule has 1 aromatic carbocycles. The van der Waals surface area contributed by atoms with Gasteiger partial charge < -0.3 is 5.32 Å². The smallest absolute Gasteiger partial charge is 0.133 e. The minimum Gasteiger partial charge on any atom is -0.370 e. The van der Waals surface area contributed by atoms with Crippen molar-refractivity contribution in [1.29, 1.82) is 5.26 Å². The van der Waals surface area contributed by atoms with Crippen molar-refractivity contribution in [1.82, 2.24) is 9.97 Å². The summed E-state index contributed by atoms with van der Waals surface area (Å²) in [5.41, 5.74) is 3.49. The lowest BCUT2D eigenvalue weighted by Gasteiger charge is -2.12. The van der Waals surface area contributed by atoms with Crippen molar-refractivity contribution in [2.75, 3.05) is 11.9 Å². The summed E-state index contributed by atoms with van der Waals surface area (Å²) in [6.45, 7) is 6.89. The fourth-order valence-electron chi connectivity index (χ4n) is 2.06. The van der Waals surface area contributed by atoms with Gasteiger partial charge >= 0.3 is 0 Å². The third-order valence-corrected chi connectivity index (χ3v) is 3.07. The van der Waals surface area contributed by atoms with E-state index >= 15 is 0 Å². The van der Waals surface area contributed by atoms with Crippen LogP contribution in [0.3, 0.4) is 0 Å². The van der Waals surface area contributed by atoms with Crippen LogP contribution in [-0.2, 0) is 0 Å². The van der Waals surface area contributed by atoms with Crippen LogP contribution < -0.4 is 5.32 Å². The maximum atomic E-state index is 9.01. The average Bonchev–Trinajstić information content (AvgIpc) is 2.47. The van der Waals surface area contributed by atoms with Crippen molar-refractivity contribution in [3.8, 4) is 17.3 Å². The molecule has 0 aliphatic heterocycles. The largest absolute Gasteiger partial charge is 0.370 e. The molecule has 1 N–H and O–H groups in total. The molecule has 0 spiro atoms. The normalized spacial score (nSPS) is 10.1. The summed E-state index contributed by atoms with van der Waals surface area (Å²) < 4.78 is 0. The van der Waals surface area contributed by atoms with Crippen molar-refractivity contribution < 1.29 is 0 Å². The lowest BCUT2D eigenvalue weighted by atomic mass is 10.0. The van der Waals surface area contributed by atoms with Crippen LogP contribution in [0.5, 0.6) is 0 Å². The molecule has 0 atom stereocenters. The molecule has 2 rings (SSSR count). The van der Waals surface area contributed by atoms with E-state index in [1.165, 1.54) is 0 Å². The summed E-state index contributed by atoms with van der Waals surface area (Å²) in [5.74, 6) is 1.60. The highest BCUT2D eigenvalue weighted by Crippen LogP contribution is 2.26. The van der Waals surface area contributed by atoms with Crippen molar-refractivity contribution >= 4 is 5.82 Å². The molecule has 1 heterocycles. The number of aryl methyl sites for hydroxylation is 1. The fourth-order valence-corrected chi connectivity index (χ4v) is 2.06. The molecule has 2 aromatic rings. The molecule has 0 saturated heterocycles. The molecule has 0 radical (unpaired) electrons. The number of rotatable bonds is 4. The van der Waals surface area contributed by atoms with Crippen LogP contribution in [0.1, 0.15) is 30.3 Å². The Morgan fingerprint density at radius 2 is 2.05 bits per heavy atom. The summed E-state index contributed by atoms with van der Waals surface area (Å²) in [4.78, 5) is 8.98. The monoisotopic (exact) mass is 266 g/mol. The van der Waals surface area contributed by atoms with Crippen molar-refractivity contribution in [3.63, 3.8) is 0 Å². The Bertz CT molecular complexity index is 656. The fraction of sp³-hybridized carbons (Fsp3) is 0.312. The first-order chi connectivity index (χ1) is 9.65. The van der Waals surface area contributed by atoms with Crippen molar-refractivity contribution in [3.05, 3.63) is 41.2 Å². The van der Waals surface area contributed by atoms with E-state index in [-0.39, 0.29) is 0 Å². The van der Waals surface area contributed by atoms with E-state index in [9.17, 15) is 0 Å². The van der Waals surface area contributed by atoms with Gasteiger partial charge in [-0.2, -0.15) is 5.26 Å². The molecule has 4 heteroatoms. The first-order valence-corrected chi connectivity index (χ1v) is 6.75. The van der Waals surface area contributed by atoms with Gasteiger partial charge in [-0.3, -0.25) is 0 Å². The Morgan fingerprint density at radius 3 is 2.75 bits per heavy atom. The summed E-state index contributed by atoms with van der Waals surface area (Å²) >= 11 is 0. The van der Waals surface area contributed by atoms with Crippen LogP contribution >= 0.6 is 0 Å². The molecule has 1 aromatic heterocycles. The van der Waals surface area contributed by atoms with Crippen LogP contribution in [0.2, 0.25) is 0 Å². The minimum absolute atomic E-state index is 0.640. The number of hydrogen-bond acceptors (Lipinski definition) is 4. The molecule has 20 heavy (non-hydrogen) atoms. The number of nitrogens with zero attached hydrogens (tertiary/aromatic N) is 3. The Hall–Kier alpha value is -2.41. The predicted molar refractivity (Wildman–Crippen MR) is 80.4 cm³/mol. The summed E-state index contributed by atoms with van der Waals surface area (Å²) in [7, 11) is 0. The number of hydrogen-bond donors (Lipinski definition) is 1. The highest BCUT2D eigenvalue weighted by molar-refractivity contribution is 5.69. The SMILES string of the molecule is CCCNc1nc(C)nc(-c2cccc(C#N)c2)c1C. The summed E-state index contributed by atoms with van der Waals surface area (Å²) in [6, 6.07) is 9.67. The van der Waals surface area contributed by atoms with Gasteiger partial charge in [-0.1, -0.05) is 19.1 Å². The van der Waals surface area contributed by atoms with E-state index in [1.807, 2.05) is 32.0 Å². The Kier molecular flexibility index (Phi) is 4.31. The Balaban J connectivity index is 2.50. The highest BCUT2D eigenvalue weighted by Gasteiger charge is 2.11. The lowest BCUT2D eigenvalue weighted by Crippen LogP contribution is -2.07. The van der Waals surface area contributed by atoms with Gasteiger partial charge in [0, 0.05) is 17.7 Å². The second kappa shape index (κ2) is 6.16. The topological polar surface area (TPSA) is 61.6 Å². The second-order valence-corrected chi connectivity index (χ2v) is 4.71. The molecule has 0 fully saturated rings.